The number of nitrogens with two attached hydrogens (primary N) is 1. The Morgan fingerprint density at radius 2 is 2.15 bits per heavy atom. The maximum Gasteiger partial charge on any atom is 0.0705 e. The summed E-state index contributed by atoms with van der Waals surface area (Å²) in [5, 5.41) is 9.86. The monoisotopic (exact) mass is 263 g/mol. The third-order valence-electron chi connectivity index (χ3n) is 1.86. The molecule has 13 heavy (non-hydrogen) atoms. The maximum atomic E-state index is 9.29. The molecule has 0 spiro atoms. The maximum absolute atomic E-state index is 9.29. The Labute approximate surface area is 90.8 Å². The fourth-order valence-electron chi connectivity index (χ4n) is 1.04. The van der Waals surface area contributed by atoms with Crippen LogP contribution < -0.4 is 5.73 Å². The molecule has 1 aromatic carbocycles. The lowest BCUT2D eigenvalue weighted by Crippen LogP contribution is -2.23. The summed E-state index contributed by atoms with van der Waals surface area (Å²) in [6.45, 7) is 1.64. The molecule has 0 heterocycles. The van der Waals surface area contributed by atoms with Crippen LogP contribution in [-0.4, -0.2) is 11.2 Å². The van der Waals surface area contributed by atoms with Gasteiger partial charge in [-0.25, -0.2) is 0 Å². The summed E-state index contributed by atoms with van der Waals surface area (Å²) in [5.74, 6) is 0. The molecule has 2 nitrogen and oxygen atoms in total. The Morgan fingerprint density at radius 3 is 2.69 bits per heavy atom. The zero-order valence-electron chi connectivity index (χ0n) is 7.17. The molecule has 0 aliphatic heterocycles. The fraction of sp³-hybridized carbons (Fsp3) is 0.333. The highest BCUT2D eigenvalue weighted by atomic mass is 79.9. The highest BCUT2D eigenvalue weighted by Crippen LogP contribution is 2.30. The summed E-state index contributed by atoms with van der Waals surface area (Å²) in [5.41, 5.74) is 6.51. The molecule has 0 amide bonds. The lowest BCUT2D eigenvalue weighted by molar-refractivity contribution is 0.164. The standard InChI is InChI=1S/C9H11BrClNO/c1-5(13)9(12)6-3-2-4-7(10)8(6)11/h2-5,9,13H,12H2,1H3/t5-,9+/m0/s1. The van der Waals surface area contributed by atoms with E-state index in [9.17, 15) is 5.11 Å². The molecule has 0 saturated heterocycles. The normalized spacial score (nSPS) is 15.5. The second-order valence-corrected chi connectivity index (χ2v) is 4.14. The predicted molar refractivity (Wildman–Crippen MR) is 57.8 cm³/mol. The SMILES string of the molecule is C[C@H](O)[C@@H](N)c1cccc(Br)c1Cl. The molecule has 72 valence electrons. The number of benzene rings is 1. The molecule has 0 radical (unpaired) electrons. The van der Waals surface area contributed by atoms with Gasteiger partial charge >= 0.3 is 0 Å². The van der Waals surface area contributed by atoms with Gasteiger partial charge in [0.25, 0.3) is 0 Å². The van der Waals surface area contributed by atoms with Crippen molar-refractivity contribution in [2.45, 2.75) is 19.1 Å². The number of halogens is 2. The number of rotatable bonds is 2. The van der Waals surface area contributed by atoms with E-state index in [1.54, 1.807) is 6.92 Å². The molecule has 4 heteroatoms. The Morgan fingerprint density at radius 1 is 1.54 bits per heavy atom. The third kappa shape index (κ3) is 2.44. The molecule has 1 aromatic rings. The van der Waals surface area contributed by atoms with Crippen LogP contribution in [0.25, 0.3) is 0 Å². The van der Waals surface area contributed by atoms with Gasteiger partial charge in [0.15, 0.2) is 0 Å². The van der Waals surface area contributed by atoms with Crippen molar-refractivity contribution in [2.24, 2.45) is 5.73 Å². The fourth-order valence-corrected chi connectivity index (χ4v) is 1.67. The third-order valence-corrected chi connectivity index (χ3v) is 3.17. The molecule has 3 N–H and O–H groups in total. The van der Waals surface area contributed by atoms with Crippen molar-refractivity contribution in [3.8, 4) is 0 Å². The Balaban J connectivity index is 3.07. The van der Waals surface area contributed by atoms with Gasteiger partial charge in [-0.2, -0.15) is 0 Å². The van der Waals surface area contributed by atoms with Crippen molar-refractivity contribution < 1.29 is 5.11 Å². The predicted octanol–water partition coefficient (Wildman–Crippen LogP) is 2.48. The van der Waals surface area contributed by atoms with E-state index in [1.807, 2.05) is 18.2 Å². The molecular formula is C9H11BrClNO. The van der Waals surface area contributed by atoms with E-state index in [0.717, 1.165) is 10.0 Å². The van der Waals surface area contributed by atoms with Crippen LogP contribution in [0.1, 0.15) is 18.5 Å². The first kappa shape index (κ1) is 11.0. The summed E-state index contributed by atoms with van der Waals surface area (Å²) in [6.07, 6.45) is -0.605. The number of hydrogen-bond acceptors (Lipinski definition) is 2. The number of aliphatic hydroxyl groups excluding tert-OH is 1. The lowest BCUT2D eigenvalue weighted by atomic mass is 10.0. The highest BCUT2D eigenvalue weighted by molar-refractivity contribution is 9.10. The van der Waals surface area contributed by atoms with Gasteiger partial charge in [-0.05, 0) is 34.5 Å². The van der Waals surface area contributed by atoms with Gasteiger partial charge in [-0.1, -0.05) is 23.7 Å². The molecule has 0 unspecified atom stereocenters. The van der Waals surface area contributed by atoms with Gasteiger partial charge in [0, 0.05) is 4.47 Å². The molecule has 0 fully saturated rings. The van der Waals surface area contributed by atoms with Crippen LogP contribution >= 0.6 is 27.5 Å². The van der Waals surface area contributed by atoms with E-state index < -0.39 is 12.1 Å². The van der Waals surface area contributed by atoms with E-state index in [1.165, 1.54) is 0 Å². The smallest absolute Gasteiger partial charge is 0.0705 e. The van der Waals surface area contributed by atoms with Crippen molar-refractivity contribution in [1.82, 2.24) is 0 Å². The summed E-state index contributed by atoms with van der Waals surface area (Å²) >= 11 is 9.29. The van der Waals surface area contributed by atoms with E-state index in [2.05, 4.69) is 15.9 Å². The lowest BCUT2D eigenvalue weighted by Gasteiger charge is -2.16. The average molecular weight is 265 g/mol. The highest BCUT2D eigenvalue weighted by Gasteiger charge is 2.16. The molecule has 0 aromatic heterocycles. The molecule has 0 bridgehead atoms. The zero-order valence-corrected chi connectivity index (χ0v) is 9.51. The van der Waals surface area contributed by atoms with Crippen molar-refractivity contribution >= 4 is 27.5 Å². The quantitative estimate of drug-likeness (QED) is 0.862. The Hall–Kier alpha value is -0.0900. The Kier molecular flexibility index (Phi) is 3.74. The summed E-state index contributed by atoms with van der Waals surface area (Å²) in [7, 11) is 0. The number of aliphatic hydroxyl groups is 1. The van der Waals surface area contributed by atoms with E-state index in [4.69, 9.17) is 17.3 Å². The summed E-state index contributed by atoms with van der Waals surface area (Å²) in [6, 6.07) is 5.04. The molecule has 2 atom stereocenters. The first-order valence-electron chi connectivity index (χ1n) is 3.91. The topological polar surface area (TPSA) is 46.2 Å². The van der Waals surface area contributed by atoms with Gasteiger partial charge in [-0.3, -0.25) is 0 Å². The van der Waals surface area contributed by atoms with Crippen molar-refractivity contribution in [2.75, 3.05) is 0 Å². The van der Waals surface area contributed by atoms with Crippen LogP contribution in [0.3, 0.4) is 0 Å². The van der Waals surface area contributed by atoms with Crippen LogP contribution in [0.5, 0.6) is 0 Å². The van der Waals surface area contributed by atoms with Gasteiger partial charge in [0.1, 0.15) is 0 Å². The molecular weight excluding hydrogens is 253 g/mol. The molecule has 0 aliphatic carbocycles. The first-order chi connectivity index (χ1) is 6.04. The first-order valence-corrected chi connectivity index (χ1v) is 5.08. The van der Waals surface area contributed by atoms with Crippen LogP contribution in [-0.2, 0) is 0 Å². The molecule has 0 saturated carbocycles. The minimum absolute atomic E-state index is 0.440. The van der Waals surface area contributed by atoms with Crippen molar-refractivity contribution in [3.63, 3.8) is 0 Å². The minimum Gasteiger partial charge on any atom is -0.391 e. The van der Waals surface area contributed by atoms with Gasteiger partial charge in [0.2, 0.25) is 0 Å². The summed E-state index contributed by atoms with van der Waals surface area (Å²) < 4.78 is 0.794. The van der Waals surface area contributed by atoms with E-state index in [0.29, 0.717) is 5.02 Å². The number of hydrogen-bond donors (Lipinski definition) is 2. The van der Waals surface area contributed by atoms with E-state index in [-0.39, 0.29) is 0 Å². The van der Waals surface area contributed by atoms with Gasteiger partial charge < -0.3 is 10.8 Å². The largest absolute Gasteiger partial charge is 0.391 e. The average Bonchev–Trinajstić information content (AvgIpc) is 2.08. The minimum atomic E-state index is -0.605. The summed E-state index contributed by atoms with van der Waals surface area (Å²) in [4.78, 5) is 0. The molecule has 0 aliphatic rings. The zero-order chi connectivity index (χ0) is 10.0. The van der Waals surface area contributed by atoms with E-state index >= 15 is 0 Å². The second-order valence-electron chi connectivity index (χ2n) is 2.91. The van der Waals surface area contributed by atoms with Crippen molar-refractivity contribution in [3.05, 3.63) is 33.3 Å². The van der Waals surface area contributed by atoms with Gasteiger partial charge in [0.05, 0.1) is 17.2 Å². The van der Waals surface area contributed by atoms with Crippen LogP contribution in [0, 0.1) is 0 Å². The van der Waals surface area contributed by atoms with Gasteiger partial charge in [-0.15, -0.1) is 0 Å². The van der Waals surface area contributed by atoms with Crippen LogP contribution in [0.2, 0.25) is 5.02 Å². The van der Waals surface area contributed by atoms with Crippen molar-refractivity contribution in [1.29, 1.82) is 0 Å². The molecule has 1 rings (SSSR count). The Bertz CT molecular complexity index is 304. The van der Waals surface area contributed by atoms with Crippen LogP contribution in [0.15, 0.2) is 22.7 Å². The second kappa shape index (κ2) is 4.42. The van der Waals surface area contributed by atoms with Crippen LogP contribution in [0.4, 0.5) is 0 Å².